The van der Waals surface area contributed by atoms with Crippen molar-refractivity contribution in [2.45, 2.75) is 45.4 Å². The van der Waals surface area contributed by atoms with Gasteiger partial charge in [0.1, 0.15) is 0 Å². The van der Waals surface area contributed by atoms with Gasteiger partial charge in [0.05, 0.1) is 17.5 Å². The molecule has 0 aliphatic heterocycles. The zero-order valence-electron chi connectivity index (χ0n) is 12.5. The maximum absolute atomic E-state index is 12.1. The molecule has 0 saturated heterocycles. The summed E-state index contributed by atoms with van der Waals surface area (Å²) in [7, 11) is -3.32. The molecule has 2 N–H and O–H groups in total. The van der Waals surface area contributed by atoms with Crippen LogP contribution in [0.15, 0.2) is 18.3 Å². The van der Waals surface area contributed by atoms with Crippen LogP contribution in [-0.4, -0.2) is 31.7 Å². The number of sulfonamides is 1. The van der Waals surface area contributed by atoms with Gasteiger partial charge < -0.3 is 5.32 Å². The summed E-state index contributed by atoms with van der Waals surface area (Å²) in [6, 6.07) is 3.84. The Morgan fingerprint density at radius 1 is 1.35 bits per heavy atom. The maximum Gasteiger partial charge on any atom is 0.215 e. The van der Waals surface area contributed by atoms with E-state index in [0.29, 0.717) is 6.54 Å². The minimum Gasteiger partial charge on any atom is -0.315 e. The summed E-state index contributed by atoms with van der Waals surface area (Å²) in [5, 5.41) is 2.67. The second kappa shape index (κ2) is 8.34. The van der Waals surface area contributed by atoms with E-state index in [-0.39, 0.29) is 6.54 Å². The highest BCUT2D eigenvalue weighted by atomic mass is 32.2. The molecule has 0 amide bonds. The van der Waals surface area contributed by atoms with E-state index in [1.54, 1.807) is 13.1 Å². The number of nitrogens with one attached hydrogen (secondary N) is 2. The standard InChI is InChI=1S/C14H25N3O2S/c1-4-8-15-10-12(3)20(18,19)17-11-14-13(5-2)7-6-9-16-14/h6-7,9,12,15,17H,4-5,8,10-11H2,1-3H3. The van der Waals surface area contributed by atoms with Crippen molar-refractivity contribution >= 4 is 10.0 Å². The van der Waals surface area contributed by atoms with Gasteiger partial charge in [-0.1, -0.05) is 19.9 Å². The fraction of sp³-hybridized carbons (Fsp3) is 0.643. The average Bonchev–Trinajstić information content (AvgIpc) is 2.45. The monoisotopic (exact) mass is 299 g/mol. The number of hydrogen-bond donors (Lipinski definition) is 2. The lowest BCUT2D eigenvalue weighted by molar-refractivity contribution is 0.556. The summed E-state index contributed by atoms with van der Waals surface area (Å²) < 4.78 is 26.9. The van der Waals surface area contributed by atoms with E-state index < -0.39 is 15.3 Å². The second-order valence-corrected chi connectivity index (χ2v) is 7.03. The highest BCUT2D eigenvalue weighted by Crippen LogP contribution is 2.07. The Bertz CT molecular complexity index is 503. The topological polar surface area (TPSA) is 71.1 Å². The molecule has 1 atom stereocenters. The molecule has 20 heavy (non-hydrogen) atoms. The van der Waals surface area contributed by atoms with Gasteiger partial charge in [0, 0.05) is 12.7 Å². The van der Waals surface area contributed by atoms with Gasteiger partial charge in [-0.25, -0.2) is 13.1 Å². The molecule has 1 rings (SSSR count). The first-order valence-electron chi connectivity index (χ1n) is 7.13. The molecule has 1 unspecified atom stereocenters. The number of hydrogen-bond acceptors (Lipinski definition) is 4. The van der Waals surface area contributed by atoms with E-state index >= 15 is 0 Å². The Hall–Kier alpha value is -0.980. The van der Waals surface area contributed by atoms with Crippen LogP contribution in [0.25, 0.3) is 0 Å². The molecule has 0 fully saturated rings. The van der Waals surface area contributed by atoms with Gasteiger partial charge in [-0.3, -0.25) is 4.98 Å². The Morgan fingerprint density at radius 3 is 2.75 bits per heavy atom. The lowest BCUT2D eigenvalue weighted by Gasteiger charge is -2.15. The van der Waals surface area contributed by atoms with Crippen molar-refractivity contribution in [1.82, 2.24) is 15.0 Å². The molecular weight excluding hydrogens is 274 g/mol. The molecule has 0 aromatic carbocycles. The summed E-state index contributed by atoms with van der Waals surface area (Å²) in [5.41, 5.74) is 1.87. The van der Waals surface area contributed by atoms with Crippen LogP contribution in [0.4, 0.5) is 0 Å². The molecular formula is C14H25N3O2S. The summed E-state index contributed by atoms with van der Waals surface area (Å²) in [4.78, 5) is 4.24. The van der Waals surface area contributed by atoms with Gasteiger partial charge in [-0.15, -0.1) is 0 Å². The lowest BCUT2D eigenvalue weighted by Crippen LogP contribution is -2.39. The van der Waals surface area contributed by atoms with Gasteiger partial charge in [-0.2, -0.15) is 0 Å². The minimum absolute atomic E-state index is 0.254. The molecule has 1 heterocycles. The molecule has 1 aromatic heterocycles. The largest absolute Gasteiger partial charge is 0.315 e. The average molecular weight is 299 g/mol. The second-order valence-electron chi connectivity index (χ2n) is 4.84. The summed E-state index contributed by atoms with van der Waals surface area (Å²) in [6.07, 6.45) is 3.53. The van der Waals surface area contributed by atoms with E-state index in [2.05, 4.69) is 21.9 Å². The van der Waals surface area contributed by atoms with Gasteiger partial charge in [-0.05, 0) is 37.9 Å². The predicted molar refractivity (Wildman–Crippen MR) is 82.0 cm³/mol. The molecule has 5 nitrogen and oxygen atoms in total. The van der Waals surface area contributed by atoms with Crippen molar-refractivity contribution in [1.29, 1.82) is 0 Å². The molecule has 6 heteroatoms. The maximum atomic E-state index is 12.1. The molecule has 0 aliphatic carbocycles. The predicted octanol–water partition coefficient (Wildman–Crippen LogP) is 1.45. The van der Waals surface area contributed by atoms with Crippen LogP contribution in [0.2, 0.25) is 0 Å². The van der Waals surface area contributed by atoms with Crippen molar-refractivity contribution in [3.05, 3.63) is 29.6 Å². The SMILES string of the molecule is CCCNCC(C)S(=O)(=O)NCc1ncccc1CC. The van der Waals surface area contributed by atoms with E-state index in [0.717, 1.165) is 30.6 Å². The molecule has 0 radical (unpaired) electrons. The van der Waals surface area contributed by atoms with Crippen molar-refractivity contribution in [3.63, 3.8) is 0 Å². The first kappa shape index (κ1) is 17.1. The van der Waals surface area contributed by atoms with E-state index in [1.807, 2.05) is 19.1 Å². The van der Waals surface area contributed by atoms with E-state index in [9.17, 15) is 8.42 Å². The number of aryl methyl sites for hydroxylation is 1. The third-order valence-electron chi connectivity index (χ3n) is 3.19. The fourth-order valence-electron chi connectivity index (χ4n) is 1.86. The molecule has 0 spiro atoms. The van der Waals surface area contributed by atoms with Crippen molar-refractivity contribution in [3.8, 4) is 0 Å². The first-order chi connectivity index (χ1) is 9.51. The third-order valence-corrected chi connectivity index (χ3v) is 4.97. The molecule has 0 bridgehead atoms. The van der Waals surface area contributed by atoms with E-state index in [4.69, 9.17) is 0 Å². The van der Waals surface area contributed by atoms with Crippen LogP contribution in [0, 0.1) is 0 Å². The Labute approximate surface area is 122 Å². The number of aromatic nitrogens is 1. The van der Waals surface area contributed by atoms with Crippen molar-refractivity contribution < 1.29 is 8.42 Å². The zero-order chi connectivity index (χ0) is 15.0. The van der Waals surface area contributed by atoms with Gasteiger partial charge in [0.2, 0.25) is 10.0 Å². The van der Waals surface area contributed by atoms with Crippen LogP contribution in [0.5, 0.6) is 0 Å². The third kappa shape index (κ3) is 5.19. The highest BCUT2D eigenvalue weighted by molar-refractivity contribution is 7.90. The van der Waals surface area contributed by atoms with Crippen molar-refractivity contribution in [2.24, 2.45) is 0 Å². The quantitative estimate of drug-likeness (QED) is 0.677. The summed E-state index contributed by atoms with van der Waals surface area (Å²) >= 11 is 0. The normalized spacial score (nSPS) is 13.3. The number of pyridine rings is 1. The molecule has 0 saturated carbocycles. The molecule has 114 valence electrons. The first-order valence-corrected chi connectivity index (χ1v) is 8.67. The Balaban J connectivity index is 2.58. The molecule has 0 aliphatic rings. The molecule has 1 aromatic rings. The highest BCUT2D eigenvalue weighted by Gasteiger charge is 2.20. The minimum atomic E-state index is -3.32. The fourth-order valence-corrected chi connectivity index (χ4v) is 2.82. The van der Waals surface area contributed by atoms with Crippen LogP contribution >= 0.6 is 0 Å². The van der Waals surface area contributed by atoms with Gasteiger partial charge >= 0.3 is 0 Å². The number of nitrogens with zero attached hydrogens (tertiary/aromatic N) is 1. The Kier molecular flexibility index (Phi) is 7.12. The zero-order valence-corrected chi connectivity index (χ0v) is 13.3. The smallest absolute Gasteiger partial charge is 0.215 e. The van der Waals surface area contributed by atoms with Crippen molar-refractivity contribution in [2.75, 3.05) is 13.1 Å². The summed E-state index contributed by atoms with van der Waals surface area (Å²) in [5.74, 6) is 0. The van der Waals surface area contributed by atoms with Crippen LogP contribution in [0.1, 0.15) is 38.4 Å². The van der Waals surface area contributed by atoms with Crippen LogP contribution in [0.3, 0.4) is 0 Å². The van der Waals surface area contributed by atoms with Gasteiger partial charge in [0.25, 0.3) is 0 Å². The lowest BCUT2D eigenvalue weighted by atomic mass is 10.1. The van der Waals surface area contributed by atoms with Gasteiger partial charge in [0.15, 0.2) is 0 Å². The van der Waals surface area contributed by atoms with Crippen LogP contribution < -0.4 is 10.0 Å². The summed E-state index contributed by atoms with van der Waals surface area (Å²) in [6.45, 7) is 7.35. The van der Waals surface area contributed by atoms with Crippen LogP contribution in [-0.2, 0) is 23.0 Å². The number of rotatable bonds is 9. The van der Waals surface area contributed by atoms with E-state index in [1.165, 1.54) is 0 Å². The Morgan fingerprint density at radius 2 is 2.10 bits per heavy atom.